The molecule has 0 spiro atoms. The van der Waals surface area contributed by atoms with Gasteiger partial charge < -0.3 is 10.1 Å². The van der Waals surface area contributed by atoms with Crippen LogP contribution in [0.15, 0.2) is 65.5 Å². The van der Waals surface area contributed by atoms with Crippen molar-refractivity contribution in [2.75, 3.05) is 6.54 Å². The minimum Gasteiger partial charge on any atom is -0.457 e. The molecule has 6 nitrogen and oxygen atoms in total. The van der Waals surface area contributed by atoms with E-state index in [1.165, 1.54) is 4.68 Å². The van der Waals surface area contributed by atoms with E-state index in [-0.39, 0.29) is 11.5 Å². The third kappa shape index (κ3) is 3.96. The number of para-hydroxylation sites is 2. The van der Waals surface area contributed by atoms with E-state index in [0.717, 1.165) is 30.5 Å². The summed E-state index contributed by atoms with van der Waals surface area (Å²) in [5.74, 6) is 0.899. The Morgan fingerprint density at radius 2 is 1.86 bits per heavy atom. The van der Waals surface area contributed by atoms with E-state index in [9.17, 15) is 9.59 Å². The second-order valence-electron chi connectivity index (χ2n) is 6.70. The number of aryl methyl sites for hydroxylation is 2. The van der Waals surface area contributed by atoms with Gasteiger partial charge in [-0.25, -0.2) is 4.68 Å². The zero-order valence-corrected chi connectivity index (χ0v) is 15.4. The van der Waals surface area contributed by atoms with E-state index >= 15 is 0 Å². The van der Waals surface area contributed by atoms with Crippen molar-refractivity contribution in [2.24, 2.45) is 0 Å². The molecule has 1 N–H and O–H groups in total. The second-order valence-corrected chi connectivity index (χ2v) is 6.70. The molecule has 142 valence electrons. The molecule has 1 aliphatic rings. The first kappa shape index (κ1) is 18.0. The Balaban J connectivity index is 1.41. The molecule has 1 heterocycles. The van der Waals surface area contributed by atoms with Crippen LogP contribution in [0.2, 0.25) is 0 Å². The maximum absolute atomic E-state index is 12.6. The van der Waals surface area contributed by atoms with Crippen LogP contribution in [-0.4, -0.2) is 22.2 Å². The van der Waals surface area contributed by atoms with Crippen molar-refractivity contribution >= 4 is 5.91 Å². The molecule has 0 saturated carbocycles. The fourth-order valence-electron chi connectivity index (χ4n) is 3.33. The molecule has 6 heteroatoms. The van der Waals surface area contributed by atoms with E-state index in [1.54, 1.807) is 24.3 Å². The van der Waals surface area contributed by atoms with Crippen LogP contribution in [0, 0.1) is 0 Å². The highest BCUT2D eigenvalue weighted by Crippen LogP contribution is 2.24. The highest BCUT2D eigenvalue weighted by atomic mass is 16.5. The molecule has 0 atom stereocenters. The summed E-state index contributed by atoms with van der Waals surface area (Å²) in [7, 11) is 0. The number of hydrogen-bond donors (Lipinski definition) is 1. The average molecular weight is 375 g/mol. The van der Waals surface area contributed by atoms with Crippen molar-refractivity contribution < 1.29 is 9.53 Å². The van der Waals surface area contributed by atoms with Crippen molar-refractivity contribution in [2.45, 2.75) is 25.8 Å². The van der Waals surface area contributed by atoms with Gasteiger partial charge in [-0.15, -0.1) is 0 Å². The van der Waals surface area contributed by atoms with Crippen LogP contribution in [0.5, 0.6) is 11.5 Å². The standard InChI is InChI=1S/C22H21N3O3/c26-21-15-16-7-6-11-19(16)24-25(21)14-13-23-22(27)18-10-4-5-12-20(18)28-17-8-2-1-3-9-17/h1-5,8-10,12,15H,6-7,11,13-14H2,(H,23,27). The lowest BCUT2D eigenvalue weighted by Crippen LogP contribution is -2.32. The number of benzene rings is 2. The average Bonchev–Trinajstić information content (AvgIpc) is 3.16. The number of ether oxygens (including phenoxy) is 1. The number of hydrogen-bond acceptors (Lipinski definition) is 4. The SMILES string of the molecule is O=C(NCCn1nc2c(cc1=O)CCC2)c1ccccc1Oc1ccccc1. The van der Waals surface area contributed by atoms with Gasteiger partial charge in [0.15, 0.2) is 0 Å². The number of carbonyl (C=O) groups is 1. The van der Waals surface area contributed by atoms with E-state index in [2.05, 4.69) is 10.4 Å². The minimum atomic E-state index is -0.249. The Morgan fingerprint density at radius 3 is 2.71 bits per heavy atom. The summed E-state index contributed by atoms with van der Waals surface area (Å²) in [4.78, 5) is 24.8. The highest BCUT2D eigenvalue weighted by molar-refractivity contribution is 5.97. The molecule has 2 aromatic carbocycles. The molecule has 3 aromatic rings. The molecule has 28 heavy (non-hydrogen) atoms. The van der Waals surface area contributed by atoms with Gasteiger partial charge in [0.2, 0.25) is 0 Å². The van der Waals surface area contributed by atoms with Crippen LogP contribution in [0.25, 0.3) is 0 Å². The Bertz CT molecular complexity index is 1040. The molecular weight excluding hydrogens is 354 g/mol. The summed E-state index contributed by atoms with van der Waals surface area (Å²) < 4.78 is 7.26. The monoisotopic (exact) mass is 375 g/mol. The molecule has 0 bridgehead atoms. The first-order valence-electron chi connectivity index (χ1n) is 9.41. The zero-order chi connectivity index (χ0) is 19.3. The maximum atomic E-state index is 12.6. The molecule has 0 saturated heterocycles. The van der Waals surface area contributed by atoms with Gasteiger partial charge in [0.25, 0.3) is 11.5 Å². The Morgan fingerprint density at radius 1 is 1.07 bits per heavy atom. The van der Waals surface area contributed by atoms with Crippen molar-refractivity contribution in [3.63, 3.8) is 0 Å². The lowest BCUT2D eigenvalue weighted by atomic mass is 10.2. The lowest BCUT2D eigenvalue weighted by molar-refractivity contribution is 0.0949. The largest absolute Gasteiger partial charge is 0.457 e. The van der Waals surface area contributed by atoms with Gasteiger partial charge in [-0.3, -0.25) is 9.59 Å². The normalized spacial score (nSPS) is 12.4. The smallest absolute Gasteiger partial charge is 0.267 e. The van der Waals surface area contributed by atoms with Crippen LogP contribution in [0.4, 0.5) is 0 Å². The molecule has 0 fully saturated rings. The highest BCUT2D eigenvalue weighted by Gasteiger charge is 2.15. The van der Waals surface area contributed by atoms with Crippen LogP contribution >= 0.6 is 0 Å². The van der Waals surface area contributed by atoms with Gasteiger partial charge in [0.1, 0.15) is 11.5 Å². The Labute approximate surface area is 162 Å². The predicted octanol–water partition coefficient (Wildman–Crippen LogP) is 2.95. The van der Waals surface area contributed by atoms with Gasteiger partial charge >= 0.3 is 0 Å². The molecule has 1 amide bonds. The van der Waals surface area contributed by atoms with Crippen LogP contribution < -0.4 is 15.6 Å². The van der Waals surface area contributed by atoms with Gasteiger partial charge in [-0.2, -0.15) is 5.10 Å². The number of aromatic nitrogens is 2. The first-order valence-corrected chi connectivity index (χ1v) is 9.41. The Hall–Kier alpha value is -3.41. The topological polar surface area (TPSA) is 73.2 Å². The lowest BCUT2D eigenvalue weighted by Gasteiger charge is -2.12. The summed E-state index contributed by atoms with van der Waals surface area (Å²) >= 11 is 0. The van der Waals surface area contributed by atoms with E-state index in [1.807, 2.05) is 36.4 Å². The Kier molecular flexibility index (Phi) is 5.19. The molecule has 4 rings (SSSR count). The second kappa shape index (κ2) is 8.08. The van der Waals surface area contributed by atoms with Crippen LogP contribution in [-0.2, 0) is 19.4 Å². The summed E-state index contributed by atoms with van der Waals surface area (Å²) in [6, 6.07) is 18.1. The zero-order valence-electron chi connectivity index (χ0n) is 15.4. The third-order valence-electron chi connectivity index (χ3n) is 4.74. The number of nitrogens with one attached hydrogen (secondary N) is 1. The number of rotatable bonds is 6. The van der Waals surface area contributed by atoms with Gasteiger partial charge in [-0.1, -0.05) is 30.3 Å². The van der Waals surface area contributed by atoms with Gasteiger partial charge in [0, 0.05) is 12.6 Å². The number of amides is 1. The van der Waals surface area contributed by atoms with Crippen LogP contribution in [0.1, 0.15) is 28.0 Å². The van der Waals surface area contributed by atoms with E-state index in [4.69, 9.17) is 4.74 Å². The minimum absolute atomic E-state index is 0.122. The van der Waals surface area contributed by atoms with Gasteiger partial charge in [0.05, 0.1) is 17.8 Å². The maximum Gasteiger partial charge on any atom is 0.267 e. The number of fused-ring (bicyclic) bond motifs is 1. The molecule has 1 aromatic heterocycles. The fraction of sp³-hybridized carbons (Fsp3) is 0.227. The number of nitrogens with zero attached hydrogens (tertiary/aromatic N) is 2. The van der Waals surface area contributed by atoms with E-state index < -0.39 is 0 Å². The van der Waals surface area contributed by atoms with E-state index in [0.29, 0.717) is 30.2 Å². The predicted molar refractivity (Wildman–Crippen MR) is 106 cm³/mol. The van der Waals surface area contributed by atoms with Crippen molar-refractivity contribution in [1.29, 1.82) is 0 Å². The molecule has 0 aliphatic heterocycles. The third-order valence-corrected chi connectivity index (χ3v) is 4.74. The summed E-state index contributed by atoms with van der Waals surface area (Å²) in [6.45, 7) is 0.643. The van der Waals surface area contributed by atoms with Crippen molar-refractivity contribution in [3.05, 3.63) is 87.8 Å². The summed E-state index contributed by atoms with van der Waals surface area (Å²) in [5.41, 5.74) is 2.37. The molecule has 0 unspecified atom stereocenters. The molecular formula is C22H21N3O3. The van der Waals surface area contributed by atoms with Crippen molar-refractivity contribution in [1.82, 2.24) is 15.1 Å². The summed E-state index contributed by atoms with van der Waals surface area (Å²) in [6.07, 6.45) is 2.88. The van der Waals surface area contributed by atoms with Crippen LogP contribution in [0.3, 0.4) is 0 Å². The number of carbonyl (C=O) groups excluding carboxylic acids is 1. The van der Waals surface area contributed by atoms with Gasteiger partial charge in [-0.05, 0) is 49.1 Å². The quantitative estimate of drug-likeness (QED) is 0.719. The fourth-order valence-corrected chi connectivity index (χ4v) is 3.33. The molecule has 1 aliphatic carbocycles. The first-order chi connectivity index (χ1) is 13.7. The summed E-state index contributed by atoms with van der Waals surface area (Å²) in [5, 5.41) is 7.27. The molecule has 0 radical (unpaired) electrons. The van der Waals surface area contributed by atoms with Crippen molar-refractivity contribution in [3.8, 4) is 11.5 Å².